The van der Waals surface area contributed by atoms with Crippen molar-refractivity contribution in [2.45, 2.75) is 195 Å². The lowest BCUT2D eigenvalue weighted by Gasteiger charge is -2.58. The van der Waals surface area contributed by atoms with Crippen LogP contribution in [0.15, 0.2) is 35.6 Å². The number of carbonyl (C=O) groups excluding carboxylic acids is 2. The lowest BCUT2D eigenvalue weighted by molar-refractivity contribution is -0.195. The van der Waals surface area contributed by atoms with Gasteiger partial charge < -0.3 is 19.3 Å². The number of ketones is 2. The molecule has 1 saturated heterocycles. The van der Waals surface area contributed by atoms with Gasteiger partial charge in [-0.05, 0) is 212 Å². The van der Waals surface area contributed by atoms with E-state index in [4.69, 9.17) is 14.2 Å². The van der Waals surface area contributed by atoms with Gasteiger partial charge in [0.1, 0.15) is 11.6 Å². The Labute approximate surface area is 352 Å². The lowest BCUT2D eigenvalue weighted by Crippen LogP contribution is -2.51. The van der Waals surface area contributed by atoms with E-state index in [1.165, 1.54) is 89.9 Å². The average Bonchev–Trinajstić information content (AvgIpc) is 3.77. The molecule has 0 amide bonds. The largest absolute Gasteiger partial charge is 0.502 e. The monoisotopic (exact) mass is 801 g/mol. The summed E-state index contributed by atoms with van der Waals surface area (Å²) in [5.74, 6) is 6.09. The molecule has 0 aromatic rings. The highest BCUT2D eigenvalue weighted by Crippen LogP contribution is 2.68. The molecule has 2 heterocycles. The topological polar surface area (TPSA) is 82.1 Å². The molecule has 0 aromatic carbocycles. The molecule has 6 saturated carbocycles. The quantitative estimate of drug-likeness (QED) is 0.285. The maximum absolute atomic E-state index is 12.3. The molecule has 0 radical (unpaired) electrons. The van der Waals surface area contributed by atoms with E-state index in [2.05, 4.69) is 39.8 Å². The van der Waals surface area contributed by atoms with Crippen molar-refractivity contribution >= 4 is 11.6 Å². The number of hydrogen-bond donors (Lipinski definition) is 1. The number of rotatable bonds is 4. The number of allylic oxidation sites excluding steroid dienone is 3. The van der Waals surface area contributed by atoms with Crippen molar-refractivity contribution in [1.29, 1.82) is 0 Å². The van der Waals surface area contributed by atoms with Crippen molar-refractivity contribution in [3.05, 3.63) is 35.6 Å². The Morgan fingerprint density at radius 2 is 1.24 bits per heavy atom. The molecule has 1 unspecified atom stereocenters. The Morgan fingerprint density at radius 1 is 0.655 bits per heavy atom. The Hall–Kier alpha value is -1.76. The summed E-state index contributed by atoms with van der Waals surface area (Å²) in [7, 11) is 0. The van der Waals surface area contributed by atoms with Gasteiger partial charge in [-0.2, -0.15) is 0 Å². The summed E-state index contributed by atoms with van der Waals surface area (Å²) in [6, 6.07) is 0. The normalized spacial score (nSPS) is 47.5. The molecule has 2 aliphatic heterocycles. The van der Waals surface area contributed by atoms with E-state index in [0.29, 0.717) is 40.3 Å². The van der Waals surface area contributed by atoms with Crippen molar-refractivity contribution in [3.8, 4) is 0 Å². The van der Waals surface area contributed by atoms with Crippen LogP contribution in [0.2, 0.25) is 0 Å². The second kappa shape index (κ2) is 17.2. The Balaban J connectivity index is 0.000000144. The van der Waals surface area contributed by atoms with Crippen LogP contribution in [0.4, 0.5) is 0 Å². The van der Waals surface area contributed by atoms with E-state index in [1.807, 2.05) is 19.9 Å². The Kier molecular flexibility index (Phi) is 12.7. The molecule has 7 fully saturated rings. The third-order valence-corrected chi connectivity index (χ3v) is 19.4. The first-order chi connectivity index (χ1) is 27.8. The van der Waals surface area contributed by atoms with Crippen LogP contribution in [0.3, 0.4) is 0 Å². The zero-order valence-corrected chi connectivity index (χ0v) is 37.4. The van der Waals surface area contributed by atoms with Crippen LogP contribution in [0.25, 0.3) is 0 Å². The third kappa shape index (κ3) is 7.82. The molecule has 1 N–H and O–H groups in total. The Bertz CT molecular complexity index is 1580. The third-order valence-electron chi connectivity index (χ3n) is 19.4. The number of Topliss-reactive ketones (excluding diaryl/α,β-unsaturated/α-hetero) is 2. The van der Waals surface area contributed by atoms with Crippen molar-refractivity contribution in [2.24, 2.45) is 69.0 Å². The maximum Gasteiger partial charge on any atom is 0.157 e. The van der Waals surface area contributed by atoms with Crippen molar-refractivity contribution in [2.75, 3.05) is 13.2 Å². The number of aliphatic hydroxyl groups is 1. The van der Waals surface area contributed by atoms with E-state index in [-0.39, 0.29) is 23.2 Å². The second-order valence-corrected chi connectivity index (χ2v) is 22.2. The molecule has 0 aromatic heterocycles. The number of ether oxygens (including phenoxy) is 3. The van der Waals surface area contributed by atoms with Gasteiger partial charge in [0.15, 0.2) is 6.29 Å². The molecule has 6 nitrogen and oxygen atoms in total. The molecule has 8 aliphatic carbocycles. The van der Waals surface area contributed by atoms with Crippen LogP contribution >= 0.6 is 0 Å². The molecule has 6 heteroatoms. The van der Waals surface area contributed by atoms with Gasteiger partial charge in [0.05, 0.1) is 25.1 Å². The minimum atomic E-state index is -0.117. The summed E-state index contributed by atoms with van der Waals surface area (Å²) in [5, 5.41) is 10.1. The van der Waals surface area contributed by atoms with Gasteiger partial charge in [-0.1, -0.05) is 51.0 Å². The summed E-state index contributed by atoms with van der Waals surface area (Å²) in [5.41, 5.74) is 4.40. The van der Waals surface area contributed by atoms with Gasteiger partial charge in [0, 0.05) is 18.4 Å². The van der Waals surface area contributed by atoms with Crippen molar-refractivity contribution in [1.82, 2.24) is 0 Å². The van der Waals surface area contributed by atoms with Gasteiger partial charge in [-0.3, -0.25) is 9.59 Å². The highest BCUT2D eigenvalue weighted by molar-refractivity contribution is 5.80. The fourth-order valence-electron chi connectivity index (χ4n) is 16.2. The summed E-state index contributed by atoms with van der Waals surface area (Å²) < 4.78 is 17.1. The summed E-state index contributed by atoms with van der Waals surface area (Å²) in [4.78, 5) is 24.5. The van der Waals surface area contributed by atoms with Crippen LogP contribution in [-0.2, 0) is 23.8 Å². The van der Waals surface area contributed by atoms with Crippen LogP contribution in [0.1, 0.15) is 176 Å². The summed E-state index contributed by atoms with van der Waals surface area (Å²) in [6.07, 6.45) is 33.9. The smallest absolute Gasteiger partial charge is 0.157 e. The van der Waals surface area contributed by atoms with Gasteiger partial charge in [0.2, 0.25) is 0 Å². The zero-order chi connectivity index (χ0) is 40.9. The highest BCUT2D eigenvalue weighted by atomic mass is 16.7. The van der Waals surface area contributed by atoms with E-state index in [0.717, 1.165) is 93.7 Å². The summed E-state index contributed by atoms with van der Waals surface area (Å²) >= 11 is 0. The molecule has 10 aliphatic rings. The predicted octanol–water partition coefficient (Wildman–Crippen LogP) is 11.9. The fourth-order valence-corrected chi connectivity index (χ4v) is 16.2. The van der Waals surface area contributed by atoms with E-state index in [9.17, 15) is 14.7 Å². The number of hydrogen-bond acceptors (Lipinski definition) is 6. The molecular formula is C52H80O6. The minimum absolute atomic E-state index is 0.0347. The van der Waals surface area contributed by atoms with Crippen molar-refractivity contribution < 1.29 is 28.9 Å². The first-order valence-corrected chi connectivity index (χ1v) is 24.4. The first kappa shape index (κ1) is 42.9. The predicted molar refractivity (Wildman–Crippen MR) is 231 cm³/mol. The molecule has 58 heavy (non-hydrogen) atoms. The molecule has 10 rings (SSSR count). The summed E-state index contributed by atoms with van der Waals surface area (Å²) in [6.45, 7) is 15.3. The molecule has 15 atom stereocenters. The lowest BCUT2D eigenvalue weighted by atomic mass is 9.47. The number of carbonyl (C=O) groups is 2. The van der Waals surface area contributed by atoms with Crippen LogP contribution in [0.5, 0.6) is 0 Å². The standard InChI is InChI=1S/C26H40O3.C21H32O2.C5H8O/c1-17(27)21-9-10-22-20-8-7-18-16-19(29-24-6-4-5-15-28-24)11-13-25(18,2)23(20)12-14-26(21,22)3;1-13(22)17-6-7-18-16-5-4-14-12-15(23)8-10-20(14,2)19(16)9-11-21(17,18)3;1-2-4-6-5-3-1/h7,19-24H,4-6,8-16H2,1-3H3;4,15-19,23H,5-12H2,1-3H3;2,4H,1,3,5H2/t19-,20-,21+,22-,23-,24?,25-,26+;15-,16-,17+,18-,19-,20-,21+;/m00./s1. The molecule has 0 bridgehead atoms. The number of aliphatic hydroxyl groups excluding tert-OH is 1. The van der Waals surface area contributed by atoms with Crippen LogP contribution < -0.4 is 0 Å². The minimum Gasteiger partial charge on any atom is -0.502 e. The fraction of sp³-hybridized carbons (Fsp3) is 0.846. The van der Waals surface area contributed by atoms with Crippen molar-refractivity contribution in [3.63, 3.8) is 0 Å². The SMILES string of the molecule is C1=COCCC1.CC(=O)[C@H]1CC[C@H]2[C@@H]3CC=C4C[C@@H](O)CC[C@]4(C)[C@H]3CC[C@]12C.CC(=O)[C@H]1CC[C@H]2[C@@H]3CC=C4C[C@@H](OC5CCCCO5)CC[C@]4(C)[C@H]3CC[C@]12C. The van der Waals surface area contributed by atoms with Crippen LogP contribution in [0, 0.1) is 69.0 Å². The first-order valence-electron chi connectivity index (χ1n) is 24.4. The molecule has 324 valence electrons. The van der Waals surface area contributed by atoms with Crippen LogP contribution in [-0.4, -0.2) is 48.4 Å². The Morgan fingerprint density at radius 3 is 1.72 bits per heavy atom. The second-order valence-electron chi connectivity index (χ2n) is 22.2. The molecular weight excluding hydrogens is 721 g/mol. The number of fused-ring (bicyclic) bond motifs is 10. The van der Waals surface area contributed by atoms with Gasteiger partial charge in [-0.25, -0.2) is 0 Å². The maximum atomic E-state index is 12.3. The average molecular weight is 801 g/mol. The zero-order valence-electron chi connectivity index (χ0n) is 37.4. The van der Waals surface area contributed by atoms with Gasteiger partial charge in [-0.15, -0.1) is 0 Å². The van der Waals surface area contributed by atoms with E-state index in [1.54, 1.807) is 17.4 Å². The van der Waals surface area contributed by atoms with Gasteiger partial charge in [0.25, 0.3) is 0 Å². The van der Waals surface area contributed by atoms with Gasteiger partial charge >= 0.3 is 0 Å². The molecule has 0 spiro atoms. The highest BCUT2D eigenvalue weighted by Gasteiger charge is 2.61. The van der Waals surface area contributed by atoms with E-state index >= 15 is 0 Å². The van der Waals surface area contributed by atoms with E-state index < -0.39 is 0 Å².